The van der Waals surface area contributed by atoms with Gasteiger partial charge in [0, 0.05) is 19.0 Å². The number of carbonyl (C=O) groups excluding carboxylic acids is 1. The molecule has 2 aliphatic heterocycles. The van der Waals surface area contributed by atoms with E-state index in [0.29, 0.717) is 43.6 Å². The van der Waals surface area contributed by atoms with Crippen LogP contribution in [-0.2, 0) is 26.6 Å². The normalized spacial score (nSPS) is 25.6. The summed E-state index contributed by atoms with van der Waals surface area (Å²) in [4.78, 5) is 17.4. The first-order chi connectivity index (χ1) is 19.2. The van der Waals surface area contributed by atoms with Crippen LogP contribution in [0.4, 0.5) is 30.7 Å². The maximum Gasteiger partial charge on any atom is 0.416 e. The van der Waals surface area contributed by atoms with Crippen LogP contribution in [0.2, 0.25) is 0 Å². The van der Waals surface area contributed by atoms with Crippen molar-refractivity contribution in [2.75, 3.05) is 26.3 Å². The molecule has 0 unspecified atom stereocenters. The molecule has 2 aromatic carbocycles. The number of ether oxygens (including phenoxy) is 2. The number of rotatable bonds is 5. The van der Waals surface area contributed by atoms with E-state index in [1.807, 2.05) is 4.90 Å². The molecule has 222 valence electrons. The zero-order valence-electron chi connectivity index (χ0n) is 21.8. The van der Waals surface area contributed by atoms with Crippen molar-refractivity contribution in [1.29, 1.82) is 0 Å². The van der Waals surface area contributed by atoms with Crippen LogP contribution in [0.15, 0.2) is 41.4 Å². The molecule has 0 spiro atoms. The first-order valence-electron chi connectivity index (χ1n) is 13.1. The maximum absolute atomic E-state index is 14.0. The quantitative estimate of drug-likeness (QED) is 0.459. The topological polar surface area (TPSA) is 71.4 Å². The Hall–Kier alpha value is -3.19. The minimum absolute atomic E-state index is 0.0273. The van der Waals surface area contributed by atoms with Crippen LogP contribution in [0.25, 0.3) is 0 Å². The third-order valence-corrected chi connectivity index (χ3v) is 8.07. The first kappa shape index (κ1) is 29.3. The van der Waals surface area contributed by atoms with Gasteiger partial charge in [-0.3, -0.25) is 4.79 Å². The number of alkyl halides is 6. The number of hydrogen-bond donors (Lipinski definition) is 1. The molecule has 2 aromatic rings. The highest BCUT2D eigenvalue weighted by molar-refractivity contribution is 5.96. The third-order valence-electron chi connectivity index (χ3n) is 8.07. The minimum atomic E-state index is -5.05. The molecule has 2 heterocycles. The number of nitrogens with zero attached hydrogens (tertiary/aromatic N) is 2. The lowest BCUT2D eigenvalue weighted by atomic mass is 9.68. The van der Waals surface area contributed by atoms with Gasteiger partial charge in [-0.2, -0.15) is 31.3 Å². The number of fused-ring (bicyclic) bond motifs is 1. The Morgan fingerprint density at radius 2 is 1.73 bits per heavy atom. The molecule has 6 nitrogen and oxygen atoms in total. The van der Waals surface area contributed by atoms with E-state index >= 15 is 0 Å². The summed E-state index contributed by atoms with van der Waals surface area (Å²) >= 11 is 0. The van der Waals surface area contributed by atoms with Crippen LogP contribution in [0, 0.1) is 24.6 Å². The van der Waals surface area contributed by atoms with Crippen molar-refractivity contribution in [1.82, 2.24) is 4.90 Å². The second-order valence-corrected chi connectivity index (χ2v) is 10.7. The molecule has 0 radical (unpaired) electrons. The highest BCUT2D eigenvalue weighted by Crippen LogP contribution is 2.49. The molecule has 5 atom stereocenters. The highest BCUT2D eigenvalue weighted by atomic mass is 19.4. The van der Waals surface area contributed by atoms with Gasteiger partial charge in [-0.25, -0.2) is 4.39 Å². The Bertz CT molecular complexity index is 1310. The number of halogens is 7. The summed E-state index contributed by atoms with van der Waals surface area (Å²) in [5, 5.41) is 10.1. The van der Waals surface area contributed by atoms with Crippen molar-refractivity contribution in [2.45, 2.75) is 50.2 Å². The number of benzene rings is 2. The largest absolute Gasteiger partial charge is 0.455 e. The number of amides is 1. The fourth-order valence-electron chi connectivity index (χ4n) is 6.26. The Labute approximate surface area is 230 Å². The summed E-state index contributed by atoms with van der Waals surface area (Å²) in [5.74, 6) is -1.39. The van der Waals surface area contributed by atoms with Crippen LogP contribution in [0.1, 0.15) is 52.7 Å². The summed E-state index contributed by atoms with van der Waals surface area (Å²) in [6.07, 6.45) is -11.3. The zero-order chi connectivity index (χ0) is 29.7. The lowest BCUT2D eigenvalue weighted by Gasteiger charge is -2.41. The van der Waals surface area contributed by atoms with Crippen LogP contribution in [-0.4, -0.2) is 54.3 Å². The van der Waals surface area contributed by atoms with Gasteiger partial charge in [0.2, 0.25) is 0 Å². The average Bonchev–Trinajstić information content (AvgIpc) is 3.52. The number of aliphatic hydroxyl groups is 1. The minimum Gasteiger partial charge on any atom is -0.455 e. The van der Waals surface area contributed by atoms with Gasteiger partial charge < -0.3 is 19.5 Å². The molecule has 5 rings (SSSR count). The van der Waals surface area contributed by atoms with Crippen molar-refractivity contribution in [2.24, 2.45) is 16.8 Å². The SMILES string of the molecule is Cc1cc(F)ccc1[C@H]1[C@@H]2CN(C3=NC(=O)CO3)C[C@H]2CC[C@@H]1O[C@H](CO)c1cc(C(F)(F)F)cc(C(F)(F)F)c1. The molecular formula is C28H27F7N2O4. The monoisotopic (exact) mass is 588 g/mol. The molecule has 2 fully saturated rings. The Kier molecular flexibility index (Phi) is 7.79. The number of hydrogen-bond acceptors (Lipinski definition) is 5. The van der Waals surface area contributed by atoms with Crippen molar-refractivity contribution in [3.63, 3.8) is 0 Å². The second kappa shape index (κ2) is 10.9. The fraction of sp³-hybridized carbons (Fsp3) is 0.500. The number of amidine groups is 1. The van der Waals surface area contributed by atoms with Crippen LogP contribution < -0.4 is 0 Å². The predicted octanol–water partition coefficient (Wildman–Crippen LogP) is 5.63. The Morgan fingerprint density at radius 3 is 2.29 bits per heavy atom. The molecule has 1 N–H and O–H groups in total. The fourth-order valence-corrected chi connectivity index (χ4v) is 6.26. The summed E-state index contributed by atoms with van der Waals surface area (Å²) in [7, 11) is 0. The molecule has 0 bridgehead atoms. The van der Waals surface area contributed by atoms with Crippen LogP contribution in [0.5, 0.6) is 0 Å². The predicted molar refractivity (Wildman–Crippen MR) is 131 cm³/mol. The van der Waals surface area contributed by atoms with E-state index in [-0.39, 0.29) is 30.5 Å². The van der Waals surface area contributed by atoms with Gasteiger partial charge in [0.1, 0.15) is 11.9 Å². The molecule has 0 aromatic heterocycles. The molecule has 1 aliphatic carbocycles. The van der Waals surface area contributed by atoms with Crippen LogP contribution in [0.3, 0.4) is 0 Å². The van der Waals surface area contributed by atoms with Crippen molar-refractivity contribution >= 4 is 11.9 Å². The summed E-state index contributed by atoms with van der Waals surface area (Å²) in [6, 6.07) is 5.58. The Balaban J connectivity index is 1.50. The van der Waals surface area contributed by atoms with Gasteiger partial charge >= 0.3 is 12.4 Å². The summed E-state index contributed by atoms with van der Waals surface area (Å²) < 4.78 is 107. The van der Waals surface area contributed by atoms with E-state index in [1.54, 1.807) is 13.0 Å². The lowest BCUT2D eigenvalue weighted by Crippen LogP contribution is -2.39. The third kappa shape index (κ3) is 6.06. The van der Waals surface area contributed by atoms with Gasteiger partial charge in [-0.1, -0.05) is 6.07 Å². The maximum atomic E-state index is 14.0. The average molecular weight is 589 g/mol. The molecule has 1 amide bonds. The summed E-state index contributed by atoms with van der Waals surface area (Å²) in [6.45, 7) is 1.59. The van der Waals surface area contributed by atoms with E-state index in [4.69, 9.17) is 9.47 Å². The van der Waals surface area contributed by atoms with Gasteiger partial charge in [-0.15, -0.1) is 0 Å². The molecular weight excluding hydrogens is 561 g/mol. The highest BCUT2D eigenvalue weighted by Gasteiger charge is 2.48. The smallest absolute Gasteiger partial charge is 0.416 e. The van der Waals surface area contributed by atoms with E-state index in [9.17, 15) is 40.6 Å². The van der Waals surface area contributed by atoms with Crippen molar-refractivity contribution < 1.29 is 50.1 Å². The van der Waals surface area contributed by atoms with E-state index in [1.165, 1.54) is 12.1 Å². The standard InChI is InChI=1S/C28H27F7N2O4/c1-14-6-19(29)3-4-20(14)25-21-11-37(26-36-24(39)13-40-26)10-15(21)2-5-22(25)41-23(12-38)16-7-17(27(30,31)32)9-18(8-16)28(33,34)35/h3-4,6-9,15,21-23,25,38H,2,5,10-13H2,1H3/t15-,21-,22+,23-,25+/m1/s1. The van der Waals surface area contributed by atoms with Gasteiger partial charge in [0.05, 0.1) is 23.8 Å². The number of aliphatic imine (C=N–C) groups is 1. The van der Waals surface area contributed by atoms with E-state index in [0.717, 1.165) is 5.56 Å². The lowest BCUT2D eigenvalue weighted by molar-refractivity contribution is -0.143. The molecule has 1 saturated heterocycles. The van der Waals surface area contributed by atoms with Crippen LogP contribution >= 0.6 is 0 Å². The number of likely N-dealkylation sites (tertiary alicyclic amines) is 1. The molecule has 41 heavy (non-hydrogen) atoms. The summed E-state index contributed by atoms with van der Waals surface area (Å²) in [5.41, 5.74) is -2.14. The number of carbonyl (C=O) groups is 1. The van der Waals surface area contributed by atoms with E-state index < -0.39 is 65.5 Å². The van der Waals surface area contributed by atoms with Gasteiger partial charge in [0.15, 0.2) is 6.61 Å². The number of aliphatic hydroxyl groups excluding tert-OH is 1. The first-order valence-corrected chi connectivity index (χ1v) is 13.1. The second-order valence-electron chi connectivity index (χ2n) is 10.7. The number of aryl methyl sites for hydroxylation is 1. The Morgan fingerprint density at radius 1 is 1.05 bits per heavy atom. The molecule has 3 aliphatic rings. The van der Waals surface area contributed by atoms with Gasteiger partial charge in [-0.05, 0) is 78.6 Å². The van der Waals surface area contributed by atoms with E-state index in [2.05, 4.69) is 4.99 Å². The molecule has 13 heteroatoms. The molecule has 1 saturated carbocycles. The van der Waals surface area contributed by atoms with Gasteiger partial charge in [0.25, 0.3) is 11.9 Å². The van der Waals surface area contributed by atoms with Crippen molar-refractivity contribution in [3.8, 4) is 0 Å². The van der Waals surface area contributed by atoms with Crippen molar-refractivity contribution in [3.05, 3.63) is 70.0 Å². The zero-order valence-corrected chi connectivity index (χ0v) is 21.8.